The molecule has 15 heteroatoms. The Kier molecular flexibility index (Phi) is 7.37. The van der Waals surface area contributed by atoms with E-state index in [-0.39, 0.29) is 21.9 Å². The van der Waals surface area contributed by atoms with Gasteiger partial charge in [0.1, 0.15) is 5.75 Å². The fourth-order valence-corrected chi connectivity index (χ4v) is 4.90. The zero-order valence-corrected chi connectivity index (χ0v) is 22.1. The molecule has 0 radical (unpaired) electrons. The maximum absolute atomic E-state index is 14.5. The van der Waals surface area contributed by atoms with Gasteiger partial charge in [0.25, 0.3) is 0 Å². The molecule has 0 fully saturated rings. The largest absolute Gasteiger partial charge is 0.478 e. The molecule has 0 unspecified atom stereocenters. The van der Waals surface area contributed by atoms with Gasteiger partial charge in [0.2, 0.25) is 5.88 Å². The van der Waals surface area contributed by atoms with Crippen LogP contribution in [0, 0.1) is 0 Å². The van der Waals surface area contributed by atoms with Crippen LogP contribution in [-0.2, 0) is 25.9 Å². The summed E-state index contributed by atoms with van der Waals surface area (Å²) in [6.45, 7) is 1.09. The van der Waals surface area contributed by atoms with Crippen molar-refractivity contribution in [3.63, 3.8) is 0 Å². The number of aromatic carboxylic acids is 1. The number of carboxylic acids is 1. The van der Waals surface area contributed by atoms with Crippen LogP contribution in [0.1, 0.15) is 39.9 Å². The number of hydrogen-bond acceptors (Lipinski definition) is 5. The van der Waals surface area contributed by atoms with E-state index >= 15 is 0 Å². The fourth-order valence-electron chi connectivity index (χ4n) is 4.57. The summed E-state index contributed by atoms with van der Waals surface area (Å²) in [6.07, 6.45) is -9.79. The minimum Gasteiger partial charge on any atom is -0.478 e. The van der Waals surface area contributed by atoms with Crippen molar-refractivity contribution in [1.82, 2.24) is 14.1 Å². The van der Waals surface area contributed by atoms with E-state index in [0.29, 0.717) is 17.8 Å². The predicted molar refractivity (Wildman–Crippen MR) is 134 cm³/mol. The number of ether oxygens (including phenoxy) is 1. The van der Waals surface area contributed by atoms with Crippen molar-refractivity contribution >= 4 is 28.6 Å². The minimum absolute atomic E-state index is 0.152. The molecule has 0 bridgehead atoms. The number of benzene rings is 2. The highest BCUT2D eigenvalue weighted by atomic mass is 35.5. The number of aliphatic hydroxyl groups is 1. The molecule has 0 aliphatic heterocycles. The molecule has 8 nitrogen and oxygen atoms in total. The molecular formula is C26H20ClF6N3O5. The van der Waals surface area contributed by atoms with Gasteiger partial charge < -0.3 is 14.9 Å². The number of nitrogens with zero attached hydrogens (tertiary/aromatic N) is 3. The van der Waals surface area contributed by atoms with Gasteiger partial charge in [0.05, 0.1) is 22.2 Å². The lowest BCUT2D eigenvalue weighted by molar-refractivity contribution is -0.274. The molecule has 0 saturated carbocycles. The van der Waals surface area contributed by atoms with Crippen molar-refractivity contribution in [3.8, 4) is 11.6 Å². The van der Waals surface area contributed by atoms with Crippen LogP contribution in [0.25, 0.3) is 11.0 Å². The van der Waals surface area contributed by atoms with Gasteiger partial charge >= 0.3 is 24.0 Å². The smallest absolute Gasteiger partial charge is 0.422 e. The van der Waals surface area contributed by atoms with Crippen molar-refractivity contribution in [2.75, 3.05) is 0 Å². The number of hydrogen-bond donors (Lipinski definition) is 2. The zero-order chi connectivity index (χ0) is 30.7. The third-order valence-electron chi connectivity index (χ3n) is 6.85. The second kappa shape index (κ2) is 10.1. The first-order valence-corrected chi connectivity index (χ1v) is 12.0. The van der Waals surface area contributed by atoms with E-state index < -0.39 is 58.1 Å². The number of carboxylic acid groups (broad SMARTS) is 1. The van der Waals surface area contributed by atoms with Gasteiger partial charge in [0, 0.05) is 37.3 Å². The van der Waals surface area contributed by atoms with Gasteiger partial charge in [0.15, 0.2) is 5.60 Å². The molecule has 0 aliphatic rings. The molecule has 0 saturated heterocycles. The van der Waals surface area contributed by atoms with Gasteiger partial charge in [-0.25, -0.2) is 14.6 Å². The Hall–Kier alpha value is -4.04. The SMILES string of the molecule is C[C@H](c1ccc(Oc2cc(C(F)(F)F)c(C(=O)O)cn2)cc1Cl)[C@@](O)(c1ccc2c(c1)n(C)c(=O)n2C)C(F)(F)F. The van der Waals surface area contributed by atoms with Gasteiger partial charge in [-0.2, -0.15) is 26.3 Å². The molecule has 0 amide bonds. The summed E-state index contributed by atoms with van der Waals surface area (Å²) in [5.74, 6) is -4.44. The van der Waals surface area contributed by atoms with Crippen molar-refractivity contribution in [3.05, 3.63) is 86.4 Å². The molecule has 2 heterocycles. The van der Waals surface area contributed by atoms with Gasteiger partial charge in [-0.3, -0.25) is 9.13 Å². The first kappa shape index (κ1) is 29.9. The molecule has 41 heavy (non-hydrogen) atoms. The highest BCUT2D eigenvalue weighted by Crippen LogP contribution is 2.50. The van der Waals surface area contributed by atoms with Crippen LogP contribution in [0.3, 0.4) is 0 Å². The van der Waals surface area contributed by atoms with Crippen molar-refractivity contribution < 1.29 is 46.1 Å². The second-order valence-corrected chi connectivity index (χ2v) is 9.65. The van der Waals surface area contributed by atoms with Crippen LogP contribution in [0.15, 0.2) is 53.5 Å². The van der Waals surface area contributed by atoms with Crippen molar-refractivity contribution in [1.29, 1.82) is 0 Å². The standard InChI is InChI=1S/C26H20ClF6N3O5/c1-12(24(40,26(31,32)33)13-4-7-19-20(8-13)36(3)23(39)35(19)2)15-6-5-14(9-18(15)27)41-21-10-17(25(28,29)30)16(11-34-21)22(37)38/h4-12,40H,1-3H3,(H,37,38)/t12-,24-/m1/s1. The number of pyridine rings is 1. The first-order chi connectivity index (χ1) is 18.9. The van der Waals surface area contributed by atoms with E-state index in [1.54, 1.807) is 0 Å². The van der Waals surface area contributed by atoms with E-state index in [1.165, 1.54) is 24.7 Å². The average Bonchev–Trinajstić information content (AvgIpc) is 3.10. The Morgan fingerprint density at radius 3 is 2.20 bits per heavy atom. The quantitative estimate of drug-likeness (QED) is 0.262. The van der Waals surface area contributed by atoms with Crippen molar-refractivity contribution in [2.45, 2.75) is 30.8 Å². The van der Waals surface area contributed by atoms with Crippen LogP contribution in [-0.4, -0.2) is 36.5 Å². The number of rotatable bonds is 6. The van der Waals surface area contributed by atoms with Crippen LogP contribution in [0.4, 0.5) is 26.3 Å². The first-order valence-electron chi connectivity index (χ1n) is 11.6. The predicted octanol–water partition coefficient (Wildman–Crippen LogP) is 5.99. The Morgan fingerprint density at radius 1 is 1.00 bits per heavy atom. The lowest BCUT2D eigenvalue weighted by atomic mass is 9.77. The van der Waals surface area contributed by atoms with Crippen LogP contribution >= 0.6 is 11.6 Å². The van der Waals surface area contributed by atoms with Gasteiger partial charge in [-0.05, 0) is 35.4 Å². The summed E-state index contributed by atoms with van der Waals surface area (Å²) < 4.78 is 91.1. The van der Waals surface area contributed by atoms with E-state index in [4.69, 9.17) is 21.4 Å². The third-order valence-corrected chi connectivity index (χ3v) is 7.17. The minimum atomic E-state index is -5.21. The monoisotopic (exact) mass is 603 g/mol. The summed E-state index contributed by atoms with van der Waals surface area (Å²) in [7, 11) is 2.83. The summed E-state index contributed by atoms with van der Waals surface area (Å²) in [4.78, 5) is 26.9. The number of aryl methyl sites for hydroxylation is 2. The Labute approximate surface area is 232 Å². The summed E-state index contributed by atoms with van der Waals surface area (Å²) in [5, 5.41) is 19.9. The number of fused-ring (bicyclic) bond motifs is 1. The molecule has 2 aromatic carbocycles. The highest BCUT2D eigenvalue weighted by molar-refractivity contribution is 6.31. The Balaban J connectivity index is 1.73. The summed E-state index contributed by atoms with van der Waals surface area (Å²) in [6, 6.07) is 7.01. The molecule has 2 atom stereocenters. The molecule has 0 spiro atoms. The average molecular weight is 604 g/mol. The maximum Gasteiger partial charge on any atom is 0.422 e. The van der Waals surface area contributed by atoms with E-state index in [9.17, 15) is 41.0 Å². The molecule has 4 rings (SSSR count). The molecule has 2 N–H and O–H groups in total. The number of carbonyl (C=O) groups is 1. The molecule has 0 aliphatic carbocycles. The molecule has 4 aromatic rings. The fraction of sp³-hybridized carbons (Fsp3) is 0.269. The number of imidazole rings is 1. The zero-order valence-electron chi connectivity index (χ0n) is 21.3. The van der Waals surface area contributed by atoms with Gasteiger partial charge in [-0.15, -0.1) is 0 Å². The lowest BCUT2D eigenvalue weighted by Crippen LogP contribution is -2.46. The maximum atomic E-state index is 14.5. The normalized spacial score (nSPS) is 14.6. The van der Waals surface area contributed by atoms with Gasteiger partial charge in [-0.1, -0.05) is 30.7 Å². The second-order valence-electron chi connectivity index (χ2n) is 9.25. The molecular weight excluding hydrogens is 584 g/mol. The molecule has 218 valence electrons. The molecule has 2 aromatic heterocycles. The van der Waals surface area contributed by atoms with Crippen molar-refractivity contribution in [2.24, 2.45) is 14.1 Å². The summed E-state index contributed by atoms with van der Waals surface area (Å²) in [5.41, 5.74) is -6.81. The number of aromatic nitrogens is 3. The van der Waals surface area contributed by atoms with Crippen LogP contribution < -0.4 is 10.4 Å². The number of halogens is 7. The van der Waals surface area contributed by atoms with Crippen LogP contribution in [0.2, 0.25) is 5.02 Å². The van der Waals surface area contributed by atoms with E-state index in [1.807, 2.05) is 0 Å². The Morgan fingerprint density at radius 2 is 1.63 bits per heavy atom. The Bertz CT molecular complexity index is 1730. The highest BCUT2D eigenvalue weighted by Gasteiger charge is 2.59. The van der Waals surface area contributed by atoms with Crippen LogP contribution in [0.5, 0.6) is 11.6 Å². The number of alkyl halides is 6. The summed E-state index contributed by atoms with van der Waals surface area (Å²) >= 11 is 6.26. The third kappa shape index (κ3) is 5.12. The van der Waals surface area contributed by atoms with E-state index in [2.05, 4.69) is 4.98 Å². The van der Waals surface area contributed by atoms with E-state index in [0.717, 1.165) is 41.8 Å². The topological polar surface area (TPSA) is 107 Å². The lowest BCUT2D eigenvalue weighted by Gasteiger charge is -2.37.